The molecule has 106 valence electrons. The number of fused-ring (bicyclic) bond motifs is 1. The van der Waals surface area contributed by atoms with Crippen molar-refractivity contribution in [2.75, 3.05) is 0 Å². The zero-order valence-corrected chi connectivity index (χ0v) is 10.8. The molecule has 3 rings (SSSR count). The quantitative estimate of drug-likeness (QED) is 0.542. The maximum Gasteiger partial charge on any atom is 0.304 e. The summed E-state index contributed by atoms with van der Waals surface area (Å²) in [5.41, 5.74) is 0.704. The van der Waals surface area contributed by atoms with E-state index in [1.54, 1.807) is 16.8 Å². The number of nitrogens with zero attached hydrogens (tertiary/aromatic N) is 2. The minimum absolute atomic E-state index is 0.307. The number of halogens is 2. The average Bonchev–Trinajstić information content (AvgIpc) is 2.81. The van der Waals surface area contributed by atoms with Gasteiger partial charge in [0.1, 0.15) is 5.82 Å². The lowest BCUT2D eigenvalue weighted by Crippen LogP contribution is -2.00. The van der Waals surface area contributed by atoms with Gasteiger partial charge >= 0.3 is 5.69 Å². The summed E-state index contributed by atoms with van der Waals surface area (Å²) in [6, 6.07) is 10.0. The van der Waals surface area contributed by atoms with Crippen LogP contribution < -0.4 is 0 Å². The first-order valence-electron chi connectivity index (χ1n) is 6.22. The van der Waals surface area contributed by atoms with Crippen molar-refractivity contribution in [3.8, 4) is 0 Å². The van der Waals surface area contributed by atoms with Crippen molar-refractivity contribution < 1.29 is 13.7 Å². The van der Waals surface area contributed by atoms with E-state index in [9.17, 15) is 18.9 Å². The molecule has 0 aliphatic heterocycles. The van der Waals surface area contributed by atoms with Crippen molar-refractivity contribution in [2.24, 2.45) is 0 Å². The minimum atomic E-state index is -0.875. The van der Waals surface area contributed by atoms with E-state index in [1.807, 2.05) is 6.07 Å². The Morgan fingerprint density at radius 3 is 2.62 bits per heavy atom. The number of benzene rings is 2. The van der Waals surface area contributed by atoms with Gasteiger partial charge in [-0.1, -0.05) is 6.07 Å². The minimum Gasteiger partial charge on any atom is -0.343 e. The van der Waals surface area contributed by atoms with Crippen molar-refractivity contribution in [1.29, 1.82) is 0 Å². The number of hydrogen-bond donors (Lipinski definition) is 0. The lowest BCUT2D eigenvalue weighted by Gasteiger charge is -2.06. The van der Waals surface area contributed by atoms with Crippen LogP contribution in [0.3, 0.4) is 0 Å². The van der Waals surface area contributed by atoms with Gasteiger partial charge in [0.05, 0.1) is 10.4 Å². The maximum atomic E-state index is 13.6. The normalized spacial score (nSPS) is 11.0. The molecule has 0 aliphatic carbocycles. The van der Waals surface area contributed by atoms with E-state index >= 15 is 0 Å². The average molecular weight is 288 g/mol. The molecule has 4 nitrogen and oxygen atoms in total. The summed E-state index contributed by atoms with van der Waals surface area (Å²) >= 11 is 0. The van der Waals surface area contributed by atoms with Crippen LogP contribution >= 0.6 is 0 Å². The van der Waals surface area contributed by atoms with E-state index in [2.05, 4.69) is 0 Å². The van der Waals surface area contributed by atoms with Gasteiger partial charge in [-0.25, -0.2) is 4.39 Å². The first-order valence-corrected chi connectivity index (χ1v) is 6.22. The van der Waals surface area contributed by atoms with E-state index < -0.39 is 16.4 Å². The van der Waals surface area contributed by atoms with Crippen LogP contribution in [0.25, 0.3) is 10.9 Å². The molecular formula is C15H10F2N2O2. The van der Waals surface area contributed by atoms with Gasteiger partial charge < -0.3 is 4.57 Å². The van der Waals surface area contributed by atoms with Crippen LogP contribution in [-0.2, 0) is 6.54 Å². The summed E-state index contributed by atoms with van der Waals surface area (Å²) in [5.74, 6) is -1.22. The van der Waals surface area contributed by atoms with E-state index in [-0.39, 0.29) is 5.82 Å². The van der Waals surface area contributed by atoms with E-state index in [4.69, 9.17) is 0 Å². The monoisotopic (exact) mass is 288 g/mol. The van der Waals surface area contributed by atoms with Crippen LogP contribution in [-0.4, -0.2) is 9.49 Å². The molecule has 0 amide bonds. The lowest BCUT2D eigenvalue weighted by atomic mass is 10.2. The third-order valence-corrected chi connectivity index (χ3v) is 3.30. The summed E-state index contributed by atoms with van der Waals surface area (Å²) in [6.07, 6.45) is 1.77. The zero-order valence-electron chi connectivity index (χ0n) is 10.8. The number of hydrogen-bond acceptors (Lipinski definition) is 2. The van der Waals surface area contributed by atoms with Gasteiger partial charge in [0.2, 0.25) is 5.82 Å². The van der Waals surface area contributed by atoms with Crippen molar-refractivity contribution in [3.63, 3.8) is 0 Å². The molecule has 0 radical (unpaired) electrons. The van der Waals surface area contributed by atoms with Gasteiger partial charge in [0.25, 0.3) is 0 Å². The van der Waals surface area contributed by atoms with Crippen LogP contribution in [0.2, 0.25) is 0 Å². The Hall–Kier alpha value is -2.76. The Bertz CT molecular complexity index is 843. The molecular weight excluding hydrogens is 278 g/mol. The van der Waals surface area contributed by atoms with Crippen LogP contribution in [0.1, 0.15) is 5.56 Å². The largest absolute Gasteiger partial charge is 0.343 e. The van der Waals surface area contributed by atoms with Gasteiger partial charge in [-0.2, -0.15) is 4.39 Å². The van der Waals surface area contributed by atoms with Crippen LogP contribution in [0.5, 0.6) is 0 Å². The molecule has 0 saturated carbocycles. The molecule has 1 aromatic heterocycles. The maximum absolute atomic E-state index is 13.6. The molecule has 0 spiro atoms. The molecule has 0 N–H and O–H groups in total. The van der Waals surface area contributed by atoms with Crippen LogP contribution in [0, 0.1) is 21.7 Å². The first-order chi connectivity index (χ1) is 10.0. The highest BCUT2D eigenvalue weighted by molar-refractivity contribution is 5.80. The van der Waals surface area contributed by atoms with Gasteiger partial charge in [0.15, 0.2) is 0 Å². The Morgan fingerprint density at radius 2 is 1.90 bits per heavy atom. The van der Waals surface area contributed by atoms with Crippen molar-refractivity contribution in [3.05, 3.63) is 76.0 Å². The molecule has 2 aromatic carbocycles. The SMILES string of the molecule is O=[N+]([O-])c1ccc(Cn2ccc3ccc(F)cc32)cc1F. The Morgan fingerprint density at radius 1 is 1.10 bits per heavy atom. The Balaban J connectivity index is 1.97. The molecule has 0 aliphatic rings. The van der Waals surface area contributed by atoms with Crippen LogP contribution in [0.4, 0.5) is 14.5 Å². The fourth-order valence-electron chi connectivity index (χ4n) is 2.29. The zero-order chi connectivity index (χ0) is 15.0. The number of nitro groups is 1. The highest BCUT2D eigenvalue weighted by Gasteiger charge is 2.14. The molecule has 0 bridgehead atoms. The molecule has 1 heterocycles. The van der Waals surface area contributed by atoms with Crippen molar-refractivity contribution in [1.82, 2.24) is 4.57 Å². The van der Waals surface area contributed by atoms with E-state index in [0.717, 1.165) is 17.5 Å². The molecule has 0 saturated heterocycles. The second-order valence-corrected chi connectivity index (χ2v) is 4.69. The van der Waals surface area contributed by atoms with Gasteiger partial charge in [-0.05, 0) is 41.3 Å². The number of rotatable bonds is 3. The van der Waals surface area contributed by atoms with Crippen molar-refractivity contribution in [2.45, 2.75) is 6.54 Å². The third-order valence-electron chi connectivity index (χ3n) is 3.30. The second kappa shape index (κ2) is 4.97. The molecule has 0 atom stereocenters. The molecule has 0 fully saturated rings. The lowest BCUT2D eigenvalue weighted by molar-refractivity contribution is -0.387. The first kappa shape index (κ1) is 13.2. The Kier molecular flexibility index (Phi) is 3.13. The summed E-state index contributed by atoms with van der Waals surface area (Å²) in [7, 11) is 0. The molecule has 3 aromatic rings. The topological polar surface area (TPSA) is 48.1 Å². The number of aromatic nitrogens is 1. The Labute approximate surface area is 118 Å². The molecule has 6 heteroatoms. The molecule has 0 unspecified atom stereocenters. The predicted octanol–water partition coefficient (Wildman–Crippen LogP) is 3.88. The standard InChI is InChI=1S/C15H10F2N2O2/c16-12-3-2-11-5-6-18(15(11)8-12)9-10-1-4-14(19(20)21)13(17)7-10/h1-8H,9H2. The fourth-order valence-corrected chi connectivity index (χ4v) is 2.29. The van der Waals surface area contributed by atoms with E-state index in [0.29, 0.717) is 17.6 Å². The summed E-state index contributed by atoms with van der Waals surface area (Å²) in [5, 5.41) is 11.5. The highest BCUT2D eigenvalue weighted by Crippen LogP contribution is 2.21. The third kappa shape index (κ3) is 2.47. The fraction of sp³-hybridized carbons (Fsp3) is 0.0667. The summed E-state index contributed by atoms with van der Waals surface area (Å²) in [4.78, 5) is 9.82. The van der Waals surface area contributed by atoms with E-state index in [1.165, 1.54) is 18.2 Å². The molecule has 21 heavy (non-hydrogen) atoms. The number of nitro benzene ring substituents is 1. The van der Waals surface area contributed by atoms with Crippen LogP contribution in [0.15, 0.2) is 48.7 Å². The second-order valence-electron chi connectivity index (χ2n) is 4.69. The van der Waals surface area contributed by atoms with Crippen molar-refractivity contribution >= 4 is 16.6 Å². The van der Waals surface area contributed by atoms with Gasteiger partial charge in [-0.3, -0.25) is 10.1 Å². The summed E-state index contributed by atoms with van der Waals surface area (Å²) < 4.78 is 28.7. The van der Waals surface area contributed by atoms with Gasteiger partial charge in [0, 0.05) is 18.8 Å². The smallest absolute Gasteiger partial charge is 0.304 e. The predicted molar refractivity (Wildman–Crippen MR) is 74.1 cm³/mol. The highest BCUT2D eigenvalue weighted by atomic mass is 19.1. The van der Waals surface area contributed by atoms with Gasteiger partial charge in [-0.15, -0.1) is 0 Å². The summed E-state index contributed by atoms with van der Waals surface area (Å²) in [6.45, 7) is 0.307.